The number of ether oxygens (including phenoxy) is 1. The molecule has 0 spiro atoms. The van der Waals surface area contributed by atoms with Gasteiger partial charge >= 0.3 is 5.97 Å². The van der Waals surface area contributed by atoms with Gasteiger partial charge in [-0.2, -0.15) is 0 Å². The van der Waals surface area contributed by atoms with Crippen LogP contribution >= 0.6 is 0 Å². The molecule has 3 aromatic heterocycles. The summed E-state index contributed by atoms with van der Waals surface area (Å²) in [6.07, 6.45) is 2.84. The molecule has 4 rings (SSSR count). The molecule has 0 aliphatic carbocycles. The van der Waals surface area contributed by atoms with Gasteiger partial charge in [0.1, 0.15) is 11.5 Å². The maximum atomic E-state index is 11.7. The van der Waals surface area contributed by atoms with E-state index < -0.39 is 5.97 Å². The summed E-state index contributed by atoms with van der Waals surface area (Å²) in [5, 5.41) is 9.47. The highest BCUT2D eigenvalue weighted by atomic mass is 16.5. The van der Waals surface area contributed by atoms with Crippen LogP contribution in [0.2, 0.25) is 0 Å². The first kappa shape index (κ1) is 18.0. The number of aromatic nitrogens is 3. The van der Waals surface area contributed by atoms with Crippen molar-refractivity contribution in [2.75, 3.05) is 7.11 Å². The zero-order valence-corrected chi connectivity index (χ0v) is 15.8. The lowest BCUT2D eigenvalue weighted by Crippen LogP contribution is -2.02. The monoisotopic (exact) mass is 379 g/mol. The summed E-state index contributed by atoms with van der Waals surface area (Å²) in [5.41, 5.74) is 1.83. The Morgan fingerprint density at radius 2 is 2.00 bits per heavy atom. The summed E-state index contributed by atoms with van der Waals surface area (Å²) in [6, 6.07) is 13.4. The van der Waals surface area contributed by atoms with Crippen molar-refractivity contribution >= 4 is 16.9 Å². The Balaban J connectivity index is 1.72. The number of methoxy groups -OCH3 is 1. The third kappa shape index (κ3) is 3.43. The van der Waals surface area contributed by atoms with Gasteiger partial charge in [0.15, 0.2) is 0 Å². The maximum Gasteiger partial charge on any atom is 0.373 e. The van der Waals surface area contributed by atoms with Gasteiger partial charge in [0.05, 0.1) is 13.7 Å². The van der Waals surface area contributed by atoms with Crippen LogP contribution in [0, 0.1) is 0 Å². The van der Waals surface area contributed by atoms with Crippen LogP contribution in [0.15, 0.2) is 51.3 Å². The number of benzene rings is 1. The third-order valence-corrected chi connectivity index (χ3v) is 4.60. The van der Waals surface area contributed by atoms with Gasteiger partial charge in [-0.15, -0.1) is 10.2 Å². The van der Waals surface area contributed by atoms with Gasteiger partial charge in [-0.1, -0.05) is 31.5 Å². The molecule has 0 radical (unpaired) electrons. The molecule has 7 nitrogen and oxygen atoms in total. The Bertz CT molecular complexity index is 1110. The second-order valence-electron chi connectivity index (χ2n) is 6.54. The minimum absolute atomic E-state index is 0.176. The molecule has 0 bridgehead atoms. The number of fused-ring (bicyclic) bond motifs is 1. The fourth-order valence-electron chi connectivity index (χ4n) is 3.17. The van der Waals surface area contributed by atoms with Gasteiger partial charge in [-0.3, -0.25) is 0 Å². The summed E-state index contributed by atoms with van der Waals surface area (Å²) in [5.74, 6) is 1.42. The fourth-order valence-corrected chi connectivity index (χ4v) is 3.17. The van der Waals surface area contributed by atoms with Gasteiger partial charge in [0, 0.05) is 17.3 Å². The number of hydrogen-bond acceptors (Lipinski definition) is 6. The van der Waals surface area contributed by atoms with Gasteiger partial charge < -0.3 is 18.1 Å². The Hall–Kier alpha value is -3.35. The fraction of sp³-hybridized carbons (Fsp3) is 0.286. The van der Waals surface area contributed by atoms with Crippen molar-refractivity contribution in [3.05, 3.63) is 59.9 Å². The van der Waals surface area contributed by atoms with E-state index in [2.05, 4.69) is 17.1 Å². The average molecular weight is 379 g/mol. The van der Waals surface area contributed by atoms with Crippen LogP contribution in [0.4, 0.5) is 0 Å². The second kappa shape index (κ2) is 7.72. The second-order valence-corrected chi connectivity index (χ2v) is 6.54. The van der Waals surface area contributed by atoms with E-state index in [1.807, 2.05) is 34.9 Å². The smallest absolute Gasteiger partial charge is 0.373 e. The van der Waals surface area contributed by atoms with Crippen LogP contribution in [-0.2, 0) is 17.7 Å². The average Bonchev–Trinajstić information content (AvgIpc) is 3.45. The molecule has 4 aromatic rings. The summed E-state index contributed by atoms with van der Waals surface area (Å²) in [7, 11) is 1.33. The van der Waals surface area contributed by atoms with Crippen LogP contribution in [0.5, 0.6) is 0 Å². The number of aryl methyl sites for hydroxylation is 1. The Morgan fingerprint density at radius 1 is 1.14 bits per heavy atom. The molecular weight excluding hydrogens is 358 g/mol. The third-order valence-electron chi connectivity index (χ3n) is 4.60. The topological polar surface area (TPSA) is 83.3 Å². The molecule has 3 heterocycles. The first-order valence-electron chi connectivity index (χ1n) is 9.27. The number of furan rings is 1. The molecule has 144 valence electrons. The Kier molecular flexibility index (Phi) is 4.97. The minimum atomic E-state index is -0.499. The van der Waals surface area contributed by atoms with Crippen molar-refractivity contribution in [3.8, 4) is 11.6 Å². The predicted molar refractivity (Wildman–Crippen MR) is 103 cm³/mol. The minimum Gasteiger partial charge on any atom is -0.463 e. The first-order valence-corrected chi connectivity index (χ1v) is 9.27. The number of esters is 1. The molecule has 0 aliphatic heterocycles. The number of carbonyl (C=O) groups excluding carboxylic acids is 1. The zero-order chi connectivity index (χ0) is 19.5. The van der Waals surface area contributed by atoms with Crippen molar-refractivity contribution in [2.45, 2.75) is 32.7 Å². The van der Waals surface area contributed by atoms with Gasteiger partial charge in [-0.05, 0) is 30.7 Å². The lowest BCUT2D eigenvalue weighted by molar-refractivity contribution is 0.0563. The molecule has 7 heteroatoms. The Morgan fingerprint density at radius 3 is 2.82 bits per heavy atom. The highest BCUT2D eigenvalue weighted by molar-refractivity contribution is 5.86. The SMILES string of the molecule is CCCCc1nnc(-c2cc3ccccc3n2Cc2ccc(C(=O)OC)o2)o1. The summed E-state index contributed by atoms with van der Waals surface area (Å²) in [6.45, 7) is 2.55. The van der Waals surface area contributed by atoms with Crippen molar-refractivity contribution in [3.63, 3.8) is 0 Å². The first-order chi connectivity index (χ1) is 13.7. The highest BCUT2D eigenvalue weighted by Gasteiger charge is 2.18. The zero-order valence-electron chi connectivity index (χ0n) is 15.8. The van der Waals surface area contributed by atoms with Crippen LogP contribution < -0.4 is 0 Å². The normalized spacial score (nSPS) is 11.2. The summed E-state index contributed by atoms with van der Waals surface area (Å²) in [4.78, 5) is 11.7. The largest absolute Gasteiger partial charge is 0.463 e. The van der Waals surface area contributed by atoms with Gasteiger partial charge in [0.25, 0.3) is 5.89 Å². The van der Waals surface area contributed by atoms with Crippen molar-refractivity contribution < 1.29 is 18.4 Å². The van der Waals surface area contributed by atoms with E-state index in [4.69, 9.17) is 13.6 Å². The van der Waals surface area contributed by atoms with Crippen molar-refractivity contribution in [1.29, 1.82) is 0 Å². The molecule has 0 saturated heterocycles. The van der Waals surface area contributed by atoms with E-state index in [0.29, 0.717) is 24.1 Å². The highest BCUT2D eigenvalue weighted by Crippen LogP contribution is 2.29. The van der Waals surface area contributed by atoms with Crippen molar-refractivity contribution in [1.82, 2.24) is 14.8 Å². The van der Waals surface area contributed by atoms with Crippen LogP contribution in [0.1, 0.15) is 42.0 Å². The van der Waals surface area contributed by atoms with Crippen molar-refractivity contribution in [2.24, 2.45) is 0 Å². The van der Waals surface area contributed by atoms with E-state index in [0.717, 1.165) is 35.9 Å². The van der Waals surface area contributed by atoms with E-state index in [1.165, 1.54) is 7.11 Å². The van der Waals surface area contributed by atoms with Crippen LogP contribution in [0.3, 0.4) is 0 Å². The molecule has 0 atom stereocenters. The molecule has 1 aromatic carbocycles. The van der Waals surface area contributed by atoms with Gasteiger partial charge in [0.2, 0.25) is 11.7 Å². The van der Waals surface area contributed by atoms with Crippen LogP contribution in [-0.4, -0.2) is 27.8 Å². The predicted octanol–water partition coefficient (Wildman–Crippen LogP) is 4.46. The molecular formula is C21H21N3O4. The van der Waals surface area contributed by atoms with Crippen LogP contribution in [0.25, 0.3) is 22.5 Å². The maximum absolute atomic E-state index is 11.7. The molecule has 0 fully saturated rings. The quantitative estimate of drug-likeness (QED) is 0.441. The van der Waals surface area contributed by atoms with E-state index in [9.17, 15) is 4.79 Å². The van der Waals surface area contributed by atoms with E-state index in [1.54, 1.807) is 12.1 Å². The van der Waals surface area contributed by atoms with E-state index >= 15 is 0 Å². The van der Waals surface area contributed by atoms with E-state index in [-0.39, 0.29) is 5.76 Å². The molecule has 0 unspecified atom stereocenters. The number of hydrogen-bond donors (Lipinski definition) is 0. The lowest BCUT2D eigenvalue weighted by Gasteiger charge is -2.07. The molecule has 0 N–H and O–H groups in total. The number of unbranched alkanes of at least 4 members (excludes halogenated alkanes) is 1. The number of nitrogens with zero attached hydrogens (tertiary/aromatic N) is 3. The standard InChI is InChI=1S/C21H21N3O4/c1-3-4-9-19-22-23-20(28-19)17-12-14-7-5-6-8-16(14)24(17)13-15-10-11-18(27-15)21(25)26-2/h5-8,10-12H,3-4,9,13H2,1-2H3. The summed E-state index contributed by atoms with van der Waals surface area (Å²) < 4.78 is 18.3. The summed E-state index contributed by atoms with van der Waals surface area (Å²) >= 11 is 0. The van der Waals surface area contributed by atoms with Gasteiger partial charge in [-0.25, -0.2) is 4.79 Å². The number of carbonyl (C=O) groups is 1. The molecule has 0 aliphatic rings. The number of para-hydroxylation sites is 1. The molecule has 0 amide bonds. The lowest BCUT2D eigenvalue weighted by atomic mass is 10.2. The number of rotatable bonds is 7. The molecule has 28 heavy (non-hydrogen) atoms. The Labute approximate surface area is 161 Å². The molecule has 0 saturated carbocycles.